The Kier molecular flexibility index (Phi) is 5.16. The van der Waals surface area contributed by atoms with Gasteiger partial charge in [0.05, 0.1) is 7.11 Å². The number of rotatable bonds is 6. The highest BCUT2D eigenvalue weighted by molar-refractivity contribution is 6.00. The van der Waals surface area contributed by atoms with E-state index in [2.05, 4.69) is 0 Å². The predicted octanol–water partition coefficient (Wildman–Crippen LogP) is 3.48. The van der Waals surface area contributed by atoms with Crippen LogP contribution in [0, 0.1) is 13.8 Å². The minimum Gasteiger partial charge on any atom is -0.497 e. The van der Waals surface area contributed by atoms with Crippen LogP contribution in [0.4, 0.5) is 0 Å². The third-order valence-corrected chi connectivity index (χ3v) is 4.55. The third kappa shape index (κ3) is 3.65. The van der Waals surface area contributed by atoms with E-state index in [4.69, 9.17) is 9.47 Å². The molecule has 0 saturated heterocycles. The lowest BCUT2D eigenvalue weighted by molar-refractivity contribution is 0.0465. The van der Waals surface area contributed by atoms with E-state index in [9.17, 15) is 9.59 Å². The number of aryl methyl sites for hydroxylation is 2. The summed E-state index contributed by atoms with van der Waals surface area (Å²) in [6.45, 7) is 3.52. The molecule has 140 valence electrons. The number of ether oxygens (including phenoxy) is 2. The molecule has 0 atom stereocenters. The van der Waals surface area contributed by atoms with Gasteiger partial charge in [-0.25, -0.2) is 4.79 Å². The summed E-state index contributed by atoms with van der Waals surface area (Å²) >= 11 is 0. The molecule has 0 spiro atoms. The van der Waals surface area contributed by atoms with Crippen molar-refractivity contribution in [3.63, 3.8) is 0 Å². The van der Waals surface area contributed by atoms with Gasteiger partial charge in [-0.2, -0.15) is 0 Å². The SMILES string of the molecule is COc1ccc(-n2c(C)cc(C(=O)COC(=O)c3cccn3C)c2C)cc1. The van der Waals surface area contributed by atoms with Crippen molar-refractivity contribution in [2.75, 3.05) is 13.7 Å². The quantitative estimate of drug-likeness (QED) is 0.495. The van der Waals surface area contributed by atoms with Crippen LogP contribution in [-0.4, -0.2) is 34.6 Å². The van der Waals surface area contributed by atoms with E-state index in [0.717, 1.165) is 22.8 Å². The molecule has 3 rings (SSSR count). The first-order chi connectivity index (χ1) is 12.9. The number of hydrogen-bond acceptors (Lipinski definition) is 4. The highest BCUT2D eigenvalue weighted by Gasteiger charge is 2.19. The second-order valence-corrected chi connectivity index (χ2v) is 6.32. The first kappa shape index (κ1) is 18.5. The van der Waals surface area contributed by atoms with Crippen LogP contribution in [0.5, 0.6) is 5.75 Å². The van der Waals surface area contributed by atoms with Crippen molar-refractivity contribution in [3.8, 4) is 11.4 Å². The number of methoxy groups -OCH3 is 1. The van der Waals surface area contributed by atoms with Crippen LogP contribution >= 0.6 is 0 Å². The molecule has 0 bridgehead atoms. The van der Waals surface area contributed by atoms with Crippen LogP contribution in [0.25, 0.3) is 5.69 Å². The highest BCUT2D eigenvalue weighted by Crippen LogP contribution is 2.23. The Balaban J connectivity index is 1.77. The lowest BCUT2D eigenvalue weighted by Crippen LogP contribution is -2.16. The highest BCUT2D eigenvalue weighted by atomic mass is 16.5. The second-order valence-electron chi connectivity index (χ2n) is 6.32. The van der Waals surface area contributed by atoms with Crippen molar-refractivity contribution in [2.45, 2.75) is 13.8 Å². The number of Topliss-reactive ketones (excluding diaryl/α,β-unsaturated/α-hetero) is 1. The molecule has 1 aromatic carbocycles. The van der Waals surface area contributed by atoms with E-state index in [-0.39, 0.29) is 12.4 Å². The maximum absolute atomic E-state index is 12.6. The van der Waals surface area contributed by atoms with Gasteiger partial charge in [-0.15, -0.1) is 0 Å². The monoisotopic (exact) mass is 366 g/mol. The van der Waals surface area contributed by atoms with Crippen LogP contribution in [0.1, 0.15) is 32.2 Å². The minimum absolute atomic E-state index is 0.231. The van der Waals surface area contributed by atoms with Crippen LogP contribution in [0.3, 0.4) is 0 Å². The Morgan fingerprint density at radius 2 is 1.78 bits per heavy atom. The Labute approximate surface area is 157 Å². The first-order valence-corrected chi connectivity index (χ1v) is 8.57. The molecule has 0 aliphatic carbocycles. The van der Waals surface area contributed by atoms with E-state index < -0.39 is 5.97 Å². The lowest BCUT2D eigenvalue weighted by atomic mass is 10.1. The van der Waals surface area contributed by atoms with Gasteiger partial charge in [0.2, 0.25) is 5.78 Å². The summed E-state index contributed by atoms with van der Waals surface area (Å²) in [7, 11) is 3.37. The summed E-state index contributed by atoms with van der Waals surface area (Å²) in [4.78, 5) is 24.7. The fourth-order valence-electron chi connectivity index (χ4n) is 3.13. The molecule has 2 aromatic heterocycles. The van der Waals surface area contributed by atoms with Gasteiger partial charge in [-0.05, 0) is 56.3 Å². The molecule has 0 aliphatic heterocycles. The molecule has 3 aromatic rings. The van der Waals surface area contributed by atoms with Gasteiger partial charge in [-0.3, -0.25) is 4.79 Å². The molecule has 6 heteroatoms. The molecule has 0 radical (unpaired) electrons. The maximum Gasteiger partial charge on any atom is 0.355 e. The van der Waals surface area contributed by atoms with Gasteiger partial charge in [0.25, 0.3) is 0 Å². The van der Waals surface area contributed by atoms with E-state index >= 15 is 0 Å². The Hall–Kier alpha value is -3.28. The van der Waals surface area contributed by atoms with Gasteiger partial charge in [0, 0.05) is 35.9 Å². The zero-order valence-electron chi connectivity index (χ0n) is 15.9. The van der Waals surface area contributed by atoms with Gasteiger partial charge in [-0.1, -0.05) is 0 Å². The summed E-state index contributed by atoms with van der Waals surface area (Å²) in [5, 5.41) is 0. The number of benzene rings is 1. The topological polar surface area (TPSA) is 62.5 Å². The summed E-state index contributed by atoms with van der Waals surface area (Å²) in [5.41, 5.74) is 3.62. The second kappa shape index (κ2) is 7.53. The normalized spacial score (nSPS) is 10.7. The lowest BCUT2D eigenvalue weighted by Gasteiger charge is -2.11. The van der Waals surface area contributed by atoms with Crippen molar-refractivity contribution in [3.05, 3.63) is 71.3 Å². The number of ketones is 1. The van der Waals surface area contributed by atoms with Crippen molar-refractivity contribution in [1.82, 2.24) is 9.13 Å². The molecule has 0 amide bonds. The Morgan fingerprint density at radius 1 is 1.07 bits per heavy atom. The standard InChI is InChI=1S/C21H22N2O4/c1-14-12-18(15(2)23(14)16-7-9-17(26-4)10-8-16)20(24)13-27-21(25)19-6-5-11-22(19)3/h5-12H,13H2,1-4H3. The number of nitrogens with zero attached hydrogens (tertiary/aromatic N) is 2. The zero-order valence-corrected chi connectivity index (χ0v) is 15.9. The summed E-state index contributed by atoms with van der Waals surface area (Å²) < 4.78 is 14.0. The zero-order chi connectivity index (χ0) is 19.6. The van der Waals surface area contributed by atoms with Crippen molar-refractivity contribution < 1.29 is 19.1 Å². The van der Waals surface area contributed by atoms with Gasteiger partial charge in [0.15, 0.2) is 6.61 Å². The number of aromatic nitrogens is 2. The number of esters is 1. The maximum atomic E-state index is 12.6. The molecule has 0 aliphatic rings. The predicted molar refractivity (Wildman–Crippen MR) is 102 cm³/mol. The summed E-state index contributed by atoms with van der Waals surface area (Å²) in [6.07, 6.45) is 1.75. The van der Waals surface area contributed by atoms with E-state index in [1.807, 2.05) is 48.7 Å². The molecule has 2 heterocycles. The van der Waals surface area contributed by atoms with E-state index in [1.54, 1.807) is 37.1 Å². The largest absolute Gasteiger partial charge is 0.497 e. The average molecular weight is 366 g/mol. The Morgan fingerprint density at radius 3 is 2.37 bits per heavy atom. The van der Waals surface area contributed by atoms with Crippen LogP contribution in [0.15, 0.2) is 48.7 Å². The minimum atomic E-state index is -0.514. The van der Waals surface area contributed by atoms with E-state index in [0.29, 0.717) is 11.3 Å². The number of hydrogen-bond donors (Lipinski definition) is 0. The molecule has 0 unspecified atom stereocenters. The molecule has 0 saturated carbocycles. The molecule has 0 fully saturated rings. The van der Waals surface area contributed by atoms with Crippen molar-refractivity contribution >= 4 is 11.8 Å². The van der Waals surface area contributed by atoms with Gasteiger partial charge in [0.1, 0.15) is 11.4 Å². The Bertz CT molecular complexity index is 980. The summed E-state index contributed by atoms with van der Waals surface area (Å²) in [6, 6.07) is 12.8. The molecule has 6 nitrogen and oxygen atoms in total. The van der Waals surface area contributed by atoms with Crippen molar-refractivity contribution in [2.24, 2.45) is 7.05 Å². The van der Waals surface area contributed by atoms with Crippen LogP contribution in [-0.2, 0) is 11.8 Å². The molecular weight excluding hydrogens is 344 g/mol. The first-order valence-electron chi connectivity index (χ1n) is 8.57. The van der Waals surface area contributed by atoms with Crippen molar-refractivity contribution in [1.29, 1.82) is 0 Å². The fraction of sp³-hybridized carbons (Fsp3) is 0.238. The van der Waals surface area contributed by atoms with Gasteiger partial charge < -0.3 is 18.6 Å². The van der Waals surface area contributed by atoms with Crippen LogP contribution < -0.4 is 4.74 Å². The molecular formula is C21H22N2O4. The molecule has 0 N–H and O–H groups in total. The fourth-order valence-corrected chi connectivity index (χ4v) is 3.13. The average Bonchev–Trinajstić information content (AvgIpc) is 3.22. The molecule has 27 heavy (non-hydrogen) atoms. The number of carbonyl (C=O) groups excluding carboxylic acids is 2. The third-order valence-electron chi connectivity index (χ3n) is 4.55. The smallest absolute Gasteiger partial charge is 0.355 e. The van der Waals surface area contributed by atoms with Gasteiger partial charge >= 0.3 is 5.97 Å². The van der Waals surface area contributed by atoms with Crippen LogP contribution in [0.2, 0.25) is 0 Å². The van der Waals surface area contributed by atoms with E-state index in [1.165, 1.54) is 0 Å². The number of carbonyl (C=O) groups is 2. The summed E-state index contributed by atoms with van der Waals surface area (Å²) in [5.74, 6) is 0.0235.